The standard InChI is InChI=1S/C18H18Cl2N2O2/c1-3-16(13-5-4-6-14(19)10-13)21-22-18(23)11-24-17-8-7-15(20)9-12(17)2/h4-10H,3,11H2,1-2H3,(H,22,23). The van der Waals surface area contributed by atoms with E-state index in [0.29, 0.717) is 22.2 Å². The molecule has 0 heterocycles. The van der Waals surface area contributed by atoms with Crippen LogP contribution in [0.15, 0.2) is 47.6 Å². The highest BCUT2D eigenvalue weighted by atomic mass is 35.5. The van der Waals surface area contributed by atoms with Crippen LogP contribution in [0.2, 0.25) is 10.0 Å². The van der Waals surface area contributed by atoms with Gasteiger partial charge in [0.15, 0.2) is 6.61 Å². The number of ether oxygens (including phenoxy) is 1. The van der Waals surface area contributed by atoms with Crippen LogP contribution in [0.4, 0.5) is 0 Å². The van der Waals surface area contributed by atoms with Crippen LogP contribution in [-0.4, -0.2) is 18.2 Å². The van der Waals surface area contributed by atoms with Gasteiger partial charge in [-0.2, -0.15) is 5.10 Å². The molecule has 0 aliphatic carbocycles. The Hall–Kier alpha value is -2.04. The largest absolute Gasteiger partial charge is 0.483 e. The van der Waals surface area contributed by atoms with Crippen molar-refractivity contribution in [3.63, 3.8) is 0 Å². The first-order chi connectivity index (χ1) is 11.5. The van der Waals surface area contributed by atoms with Crippen LogP contribution in [0.25, 0.3) is 0 Å². The molecule has 0 atom stereocenters. The fourth-order valence-corrected chi connectivity index (χ4v) is 2.51. The summed E-state index contributed by atoms with van der Waals surface area (Å²) in [6.45, 7) is 3.70. The molecular weight excluding hydrogens is 347 g/mol. The Morgan fingerprint density at radius 1 is 1.17 bits per heavy atom. The Morgan fingerprint density at radius 2 is 1.92 bits per heavy atom. The number of nitrogens with one attached hydrogen (secondary N) is 1. The van der Waals surface area contributed by atoms with Gasteiger partial charge in [-0.15, -0.1) is 0 Å². The van der Waals surface area contributed by atoms with Gasteiger partial charge in [0.25, 0.3) is 5.91 Å². The smallest absolute Gasteiger partial charge is 0.277 e. The number of carbonyl (C=O) groups excluding carboxylic acids is 1. The summed E-state index contributed by atoms with van der Waals surface area (Å²) in [6.07, 6.45) is 0.664. The normalized spacial score (nSPS) is 11.2. The van der Waals surface area contributed by atoms with Crippen molar-refractivity contribution < 1.29 is 9.53 Å². The molecule has 0 aliphatic heterocycles. The van der Waals surface area contributed by atoms with Crippen molar-refractivity contribution in [2.75, 3.05) is 6.61 Å². The predicted octanol–water partition coefficient (Wildman–Crippen LogP) is 4.61. The average molecular weight is 365 g/mol. The second-order valence-corrected chi connectivity index (χ2v) is 6.03. The number of hydrogen-bond donors (Lipinski definition) is 1. The number of rotatable bonds is 6. The zero-order chi connectivity index (χ0) is 17.5. The number of hydrazone groups is 1. The van der Waals surface area contributed by atoms with Crippen molar-refractivity contribution in [2.24, 2.45) is 5.10 Å². The number of benzene rings is 2. The number of nitrogens with zero attached hydrogens (tertiary/aromatic N) is 1. The molecule has 24 heavy (non-hydrogen) atoms. The highest BCUT2D eigenvalue weighted by Crippen LogP contribution is 2.21. The number of amides is 1. The summed E-state index contributed by atoms with van der Waals surface area (Å²) in [5.41, 5.74) is 4.99. The lowest BCUT2D eigenvalue weighted by Crippen LogP contribution is -2.26. The van der Waals surface area contributed by atoms with Gasteiger partial charge in [-0.05, 0) is 54.8 Å². The molecule has 0 radical (unpaired) electrons. The van der Waals surface area contributed by atoms with E-state index in [-0.39, 0.29) is 12.5 Å². The zero-order valence-electron chi connectivity index (χ0n) is 13.5. The maximum Gasteiger partial charge on any atom is 0.277 e. The van der Waals surface area contributed by atoms with Crippen molar-refractivity contribution in [1.29, 1.82) is 0 Å². The number of hydrogen-bond acceptors (Lipinski definition) is 3. The Balaban J connectivity index is 1.95. The third-order valence-electron chi connectivity index (χ3n) is 3.30. The van der Waals surface area contributed by atoms with Crippen LogP contribution in [0, 0.1) is 6.92 Å². The third-order valence-corrected chi connectivity index (χ3v) is 3.77. The predicted molar refractivity (Wildman–Crippen MR) is 98.1 cm³/mol. The Morgan fingerprint density at radius 3 is 2.58 bits per heavy atom. The minimum Gasteiger partial charge on any atom is -0.483 e. The van der Waals surface area contributed by atoms with Gasteiger partial charge in [0.2, 0.25) is 0 Å². The number of carbonyl (C=O) groups is 1. The summed E-state index contributed by atoms with van der Waals surface area (Å²) >= 11 is 11.9. The van der Waals surface area contributed by atoms with Gasteiger partial charge in [0.1, 0.15) is 5.75 Å². The fourth-order valence-electron chi connectivity index (χ4n) is 2.10. The topological polar surface area (TPSA) is 50.7 Å². The molecule has 0 fully saturated rings. The Labute approximate surface area is 151 Å². The molecule has 2 aromatic carbocycles. The van der Waals surface area contributed by atoms with E-state index < -0.39 is 0 Å². The molecule has 6 heteroatoms. The summed E-state index contributed by atoms with van der Waals surface area (Å²) in [5.74, 6) is 0.279. The number of aryl methyl sites for hydroxylation is 1. The van der Waals surface area contributed by atoms with Crippen LogP contribution in [0.1, 0.15) is 24.5 Å². The molecule has 0 aliphatic rings. The highest BCUT2D eigenvalue weighted by Gasteiger charge is 2.07. The molecule has 0 bridgehead atoms. The molecule has 2 rings (SSSR count). The minimum absolute atomic E-state index is 0.126. The fraction of sp³-hybridized carbons (Fsp3) is 0.222. The van der Waals surface area contributed by atoms with Crippen molar-refractivity contribution in [3.05, 3.63) is 63.6 Å². The lowest BCUT2D eigenvalue weighted by atomic mass is 10.1. The molecule has 0 spiro atoms. The first-order valence-corrected chi connectivity index (χ1v) is 8.25. The first kappa shape index (κ1) is 18.3. The molecule has 4 nitrogen and oxygen atoms in total. The first-order valence-electron chi connectivity index (χ1n) is 7.50. The van der Waals surface area contributed by atoms with E-state index in [1.807, 2.05) is 32.0 Å². The summed E-state index contributed by atoms with van der Waals surface area (Å²) in [6, 6.07) is 12.6. The van der Waals surface area contributed by atoms with Crippen LogP contribution >= 0.6 is 23.2 Å². The lowest BCUT2D eigenvalue weighted by Gasteiger charge is -2.09. The van der Waals surface area contributed by atoms with Crippen LogP contribution in [0.5, 0.6) is 5.75 Å². The zero-order valence-corrected chi connectivity index (χ0v) is 15.0. The van der Waals surface area contributed by atoms with Gasteiger partial charge in [0, 0.05) is 10.0 Å². The minimum atomic E-state index is -0.336. The molecular formula is C18H18Cl2N2O2. The van der Waals surface area contributed by atoms with Gasteiger partial charge in [0.05, 0.1) is 5.71 Å². The Kier molecular flexibility index (Phi) is 6.64. The van der Waals surface area contributed by atoms with Crippen molar-refractivity contribution in [1.82, 2.24) is 5.43 Å². The highest BCUT2D eigenvalue weighted by molar-refractivity contribution is 6.31. The monoisotopic (exact) mass is 364 g/mol. The Bertz CT molecular complexity index is 760. The number of halogens is 2. The second-order valence-electron chi connectivity index (χ2n) is 5.16. The van der Waals surface area contributed by atoms with Crippen LogP contribution < -0.4 is 10.2 Å². The summed E-state index contributed by atoms with van der Waals surface area (Å²) in [7, 11) is 0. The molecule has 0 aromatic heterocycles. The van der Waals surface area contributed by atoms with Crippen molar-refractivity contribution in [3.8, 4) is 5.75 Å². The van der Waals surface area contributed by atoms with Gasteiger partial charge >= 0.3 is 0 Å². The molecule has 0 saturated carbocycles. The van der Waals surface area contributed by atoms with Crippen LogP contribution in [-0.2, 0) is 4.79 Å². The van der Waals surface area contributed by atoms with Gasteiger partial charge in [-0.3, -0.25) is 4.79 Å². The average Bonchev–Trinajstić information content (AvgIpc) is 2.54. The summed E-state index contributed by atoms with van der Waals surface area (Å²) in [5, 5.41) is 5.41. The van der Waals surface area contributed by atoms with Gasteiger partial charge in [-0.25, -0.2) is 5.43 Å². The van der Waals surface area contributed by atoms with Crippen LogP contribution in [0.3, 0.4) is 0 Å². The van der Waals surface area contributed by atoms with E-state index in [9.17, 15) is 4.79 Å². The van der Waals surface area contributed by atoms with E-state index in [1.165, 1.54) is 0 Å². The third kappa shape index (κ3) is 5.25. The van der Waals surface area contributed by atoms with E-state index in [0.717, 1.165) is 16.8 Å². The summed E-state index contributed by atoms with van der Waals surface area (Å²) < 4.78 is 5.48. The van der Waals surface area contributed by atoms with Gasteiger partial charge in [-0.1, -0.05) is 42.3 Å². The molecule has 1 N–H and O–H groups in total. The summed E-state index contributed by atoms with van der Waals surface area (Å²) in [4.78, 5) is 11.9. The van der Waals surface area contributed by atoms with E-state index >= 15 is 0 Å². The maximum absolute atomic E-state index is 11.9. The van der Waals surface area contributed by atoms with E-state index in [1.54, 1.807) is 24.3 Å². The molecule has 0 saturated heterocycles. The molecule has 2 aromatic rings. The molecule has 126 valence electrons. The van der Waals surface area contributed by atoms with Crippen molar-refractivity contribution in [2.45, 2.75) is 20.3 Å². The maximum atomic E-state index is 11.9. The lowest BCUT2D eigenvalue weighted by molar-refractivity contribution is -0.123. The van der Waals surface area contributed by atoms with E-state index in [4.69, 9.17) is 27.9 Å². The quantitative estimate of drug-likeness (QED) is 0.600. The SMILES string of the molecule is CCC(=NNC(=O)COc1ccc(Cl)cc1C)c1cccc(Cl)c1. The van der Waals surface area contributed by atoms with Gasteiger partial charge < -0.3 is 4.74 Å². The molecule has 0 unspecified atom stereocenters. The molecule has 1 amide bonds. The second kappa shape index (κ2) is 8.71. The van der Waals surface area contributed by atoms with E-state index in [2.05, 4.69) is 10.5 Å². The van der Waals surface area contributed by atoms with Crippen molar-refractivity contribution >= 4 is 34.8 Å².